The summed E-state index contributed by atoms with van der Waals surface area (Å²) >= 11 is 4.71. The van der Waals surface area contributed by atoms with Crippen LogP contribution in [0.5, 0.6) is 0 Å². The van der Waals surface area contributed by atoms with Crippen LogP contribution in [0.4, 0.5) is 5.00 Å². The molecule has 0 saturated heterocycles. The van der Waals surface area contributed by atoms with Crippen molar-refractivity contribution in [2.45, 2.75) is 19.8 Å². The Bertz CT molecular complexity index is 1070. The minimum Gasteiger partial charge on any atom is -0.465 e. The number of halogens is 1. The van der Waals surface area contributed by atoms with Gasteiger partial charge < -0.3 is 10.1 Å². The average molecular weight is 484 g/mol. The molecule has 0 radical (unpaired) electrons. The molecule has 0 fully saturated rings. The number of hydrogen-bond acceptors (Lipinski definition) is 4. The molecule has 1 heterocycles. The van der Waals surface area contributed by atoms with E-state index in [2.05, 4.69) is 47.2 Å². The molecule has 0 bridgehead atoms. The second-order valence-electron chi connectivity index (χ2n) is 7.00. The number of rotatable bonds is 6. The Hall–Kier alpha value is -2.70. The Morgan fingerprint density at radius 2 is 1.73 bits per heavy atom. The monoisotopic (exact) mass is 483 g/mol. The van der Waals surface area contributed by atoms with Crippen LogP contribution < -0.4 is 5.32 Å². The van der Waals surface area contributed by atoms with Gasteiger partial charge in [0.15, 0.2) is 0 Å². The van der Waals surface area contributed by atoms with Gasteiger partial charge in [-0.2, -0.15) is 0 Å². The highest BCUT2D eigenvalue weighted by Crippen LogP contribution is 2.36. The van der Waals surface area contributed by atoms with E-state index in [0.29, 0.717) is 16.5 Å². The van der Waals surface area contributed by atoms with E-state index in [-0.39, 0.29) is 5.91 Å². The molecule has 1 amide bonds. The molecule has 0 spiro atoms. The number of esters is 1. The lowest BCUT2D eigenvalue weighted by Crippen LogP contribution is -2.11. The van der Waals surface area contributed by atoms with Gasteiger partial charge in [-0.25, -0.2) is 4.79 Å². The van der Waals surface area contributed by atoms with Crippen molar-refractivity contribution in [3.05, 3.63) is 81.2 Å². The summed E-state index contributed by atoms with van der Waals surface area (Å²) in [6, 6.07) is 15.7. The summed E-state index contributed by atoms with van der Waals surface area (Å²) in [5.41, 5.74) is 4.13. The first-order valence-corrected chi connectivity index (χ1v) is 11.1. The molecule has 1 N–H and O–H groups in total. The number of amides is 1. The van der Waals surface area contributed by atoms with Crippen LogP contribution in [-0.4, -0.2) is 19.0 Å². The van der Waals surface area contributed by atoms with Crippen LogP contribution in [0.15, 0.2) is 64.5 Å². The van der Waals surface area contributed by atoms with Crippen LogP contribution in [0.1, 0.15) is 41.3 Å². The van der Waals surface area contributed by atoms with Gasteiger partial charge in [0.1, 0.15) is 10.6 Å². The highest BCUT2D eigenvalue weighted by atomic mass is 79.9. The third-order valence-electron chi connectivity index (χ3n) is 4.60. The van der Waals surface area contributed by atoms with E-state index in [1.165, 1.54) is 30.1 Å². The molecule has 0 atom stereocenters. The van der Waals surface area contributed by atoms with Crippen LogP contribution in [0, 0.1) is 0 Å². The average Bonchev–Trinajstić information content (AvgIpc) is 3.15. The van der Waals surface area contributed by atoms with Crippen molar-refractivity contribution in [2.75, 3.05) is 12.4 Å². The van der Waals surface area contributed by atoms with Crippen molar-refractivity contribution in [1.29, 1.82) is 0 Å². The molecule has 0 aliphatic rings. The number of ether oxygens (including phenoxy) is 1. The Morgan fingerprint density at radius 1 is 1.07 bits per heavy atom. The maximum absolute atomic E-state index is 12.5. The third-order valence-corrected chi connectivity index (χ3v) is 6.03. The molecule has 1 aromatic heterocycles. The summed E-state index contributed by atoms with van der Waals surface area (Å²) in [6.07, 6.45) is 3.21. The van der Waals surface area contributed by atoms with E-state index in [1.807, 2.05) is 41.8 Å². The van der Waals surface area contributed by atoms with Gasteiger partial charge in [0.05, 0.1) is 7.11 Å². The van der Waals surface area contributed by atoms with Crippen LogP contribution in [0.3, 0.4) is 0 Å². The zero-order chi connectivity index (χ0) is 21.7. The van der Waals surface area contributed by atoms with Crippen LogP contribution in [0.2, 0.25) is 0 Å². The van der Waals surface area contributed by atoms with E-state index in [1.54, 1.807) is 6.08 Å². The van der Waals surface area contributed by atoms with Crippen molar-refractivity contribution in [1.82, 2.24) is 0 Å². The second kappa shape index (κ2) is 9.87. The molecular weight excluding hydrogens is 462 g/mol. The number of methoxy groups -OCH3 is 1. The van der Waals surface area contributed by atoms with Crippen LogP contribution in [-0.2, 0) is 9.53 Å². The van der Waals surface area contributed by atoms with E-state index < -0.39 is 5.97 Å². The summed E-state index contributed by atoms with van der Waals surface area (Å²) in [5, 5.41) is 5.12. The Balaban J connectivity index is 1.80. The van der Waals surface area contributed by atoms with Gasteiger partial charge in [0.2, 0.25) is 5.91 Å². The second-order valence-corrected chi connectivity index (χ2v) is 8.79. The summed E-state index contributed by atoms with van der Waals surface area (Å²) in [5.74, 6) is -0.336. The zero-order valence-electron chi connectivity index (χ0n) is 16.9. The standard InChI is InChI=1S/C24H22BrNO3S/c1-15(2)17-7-4-16(5-8-17)6-13-21(27)26-23-22(24(28)29-3)20(14-30-23)18-9-11-19(25)12-10-18/h4-15H,1-3H3,(H,26,27)/b13-6+. The fraction of sp³-hybridized carbons (Fsp3) is 0.167. The lowest BCUT2D eigenvalue weighted by Gasteiger charge is -2.07. The molecule has 3 aromatic rings. The number of thiophene rings is 1. The smallest absolute Gasteiger partial charge is 0.341 e. The number of benzene rings is 2. The molecule has 0 aliphatic carbocycles. The van der Waals surface area contributed by atoms with Gasteiger partial charge in [-0.05, 0) is 40.8 Å². The third kappa shape index (κ3) is 5.26. The van der Waals surface area contributed by atoms with E-state index in [9.17, 15) is 9.59 Å². The summed E-state index contributed by atoms with van der Waals surface area (Å²) in [7, 11) is 1.33. The molecule has 3 rings (SSSR count). The van der Waals surface area contributed by atoms with Crippen molar-refractivity contribution in [3.63, 3.8) is 0 Å². The van der Waals surface area contributed by atoms with E-state index in [4.69, 9.17) is 4.74 Å². The van der Waals surface area contributed by atoms with Crippen molar-refractivity contribution in [3.8, 4) is 11.1 Å². The predicted octanol–water partition coefficient (Wildman–Crippen LogP) is 6.74. The fourth-order valence-corrected chi connectivity index (χ4v) is 4.14. The molecule has 6 heteroatoms. The van der Waals surface area contributed by atoms with Gasteiger partial charge in [0.25, 0.3) is 0 Å². The minimum absolute atomic E-state index is 0.308. The first kappa shape index (κ1) is 22.0. The zero-order valence-corrected chi connectivity index (χ0v) is 19.3. The van der Waals surface area contributed by atoms with Gasteiger partial charge in [-0.1, -0.05) is 66.2 Å². The summed E-state index contributed by atoms with van der Waals surface area (Å²) in [4.78, 5) is 24.9. The molecule has 0 saturated carbocycles. The lowest BCUT2D eigenvalue weighted by molar-refractivity contribution is -0.111. The Labute approximate surface area is 188 Å². The predicted molar refractivity (Wildman–Crippen MR) is 127 cm³/mol. The first-order chi connectivity index (χ1) is 14.4. The van der Waals surface area contributed by atoms with Crippen LogP contribution >= 0.6 is 27.3 Å². The summed E-state index contributed by atoms with van der Waals surface area (Å²) < 4.78 is 5.90. The summed E-state index contributed by atoms with van der Waals surface area (Å²) in [6.45, 7) is 4.28. The number of hydrogen-bond donors (Lipinski definition) is 1. The molecule has 0 unspecified atom stereocenters. The first-order valence-electron chi connectivity index (χ1n) is 9.43. The minimum atomic E-state index is -0.488. The number of carbonyl (C=O) groups excluding carboxylic acids is 2. The molecule has 0 aliphatic heterocycles. The van der Waals surface area contributed by atoms with Crippen molar-refractivity contribution >= 4 is 50.2 Å². The maximum atomic E-state index is 12.5. The fourth-order valence-electron chi connectivity index (χ4n) is 2.91. The Kier molecular flexibility index (Phi) is 7.24. The Morgan fingerprint density at radius 3 is 2.33 bits per heavy atom. The molecule has 2 aromatic carbocycles. The van der Waals surface area contributed by atoms with Crippen molar-refractivity contribution < 1.29 is 14.3 Å². The SMILES string of the molecule is COC(=O)c1c(-c2ccc(Br)cc2)csc1NC(=O)/C=C/c1ccc(C(C)C)cc1. The van der Waals surface area contributed by atoms with Gasteiger partial charge >= 0.3 is 5.97 Å². The largest absolute Gasteiger partial charge is 0.465 e. The topological polar surface area (TPSA) is 55.4 Å². The van der Waals surface area contributed by atoms with Gasteiger partial charge in [0, 0.05) is 21.5 Å². The molecule has 30 heavy (non-hydrogen) atoms. The lowest BCUT2D eigenvalue weighted by atomic mass is 10.0. The van der Waals surface area contributed by atoms with Gasteiger partial charge in [-0.3, -0.25) is 4.79 Å². The normalized spacial score (nSPS) is 11.1. The van der Waals surface area contributed by atoms with Gasteiger partial charge in [-0.15, -0.1) is 11.3 Å². The van der Waals surface area contributed by atoms with E-state index >= 15 is 0 Å². The van der Waals surface area contributed by atoms with Crippen LogP contribution in [0.25, 0.3) is 17.2 Å². The highest BCUT2D eigenvalue weighted by molar-refractivity contribution is 9.10. The maximum Gasteiger partial charge on any atom is 0.341 e. The number of nitrogens with one attached hydrogen (secondary N) is 1. The quantitative estimate of drug-likeness (QED) is 0.312. The molecule has 154 valence electrons. The number of carbonyl (C=O) groups is 2. The van der Waals surface area contributed by atoms with Crippen molar-refractivity contribution in [2.24, 2.45) is 0 Å². The molecular formula is C24H22BrNO3S. The van der Waals surface area contributed by atoms with E-state index in [0.717, 1.165) is 21.2 Å². The number of anilines is 1. The molecule has 4 nitrogen and oxygen atoms in total. The highest BCUT2D eigenvalue weighted by Gasteiger charge is 2.21.